The molecule has 3 aromatic heterocycles. The van der Waals surface area contributed by atoms with E-state index >= 15 is 0 Å². The van der Waals surface area contributed by atoms with E-state index in [-0.39, 0.29) is 0 Å². The zero-order valence-corrected chi connectivity index (χ0v) is 8.05. The highest BCUT2D eigenvalue weighted by Gasteiger charge is 2.07. The molecule has 0 aromatic carbocycles. The van der Waals surface area contributed by atoms with Crippen LogP contribution in [-0.2, 0) is 7.05 Å². The fourth-order valence-electron chi connectivity index (χ4n) is 1.42. The first kappa shape index (κ1) is 8.10. The summed E-state index contributed by atoms with van der Waals surface area (Å²) in [7, 11) is 1.87. The molecule has 3 rings (SSSR count). The maximum absolute atomic E-state index is 4.31. The Morgan fingerprint density at radius 1 is 1.40 bits per heavy atom. The molecule has 0 saturated carbocycles. The third kappa shape index (κ3) is 1.26. The molecule has 0 amide bonds. The lowest BCUT2D eigenvalue weighted by Crippen LogP contribution is -1.88. The number of imidazole rings is 1. The second-order valence-electron chi connectivity index (χ2n) is 3.22. The fourth-order valence-corrected chi connectivity index (χ4v) is 1.42. The highest BCUT2D eigenvalue weighted by atomic mass is 15.3. The van der Waals surface area contributed by atoms with Crippen molar-refractivity contribution in [1.82, 2.24) is 29.7 Å². The largest absolute Gasteiger partial charge is 0.334 e. The standard InChI is InChI=1S/C9H8N6/c1-15-3-2-6(14-15)9-12-7-4-10-5-11-8(7)13-9/h2-5H,1H3,(H,10,11,12,13). The van der Waals surface area contributed by atoms with Crippen molar-refractivity contribution in [3.05, 3.63) is 24.8 Å². The Morgan fingerprint density at radius 2 is 2.33 bits per heavy atom. The van der Waals surface area contributed by atoms with Crippen LogP contribution in [0, 0.1) is 0 Å². The maximum Gasteiger partial charge on any atom is 0.181 e. The van der Waals surface area contributed by atoms with Crippen LogP contribution in [0.15, 0.2) is 24.8 Å². The van der Waals surface area contributed by atoms with Crippen LogP contribution in [0.25, 0.3) is 22.7 Å². The SMILES string of the molecule is Cn1ccc(-c2nc3ncncc3[nH]2)n1. The molecule has 0 bridgehead atoms. The van der Waals surface area contributed by atoms with Gasteiger partial charge in [0.1, 0.15) is 17.5 Å². The molecular weight excluding hydrogens is 192 g/mol. The van der Waals surface area contributed by atoms with E-state index in [0.717, 1.165) is 11.2 Å². The molecule has 3 heterocycles. The first-order chi connectivity index (χ1) is 7.33. The molecule has 0 aliphatic heterocycles. The van der Waals surface area contributed by atoms with Gasteiger partial charge in [-0.2, -0.15) is 5.10 Å². The van der Waals surface area contributed by atoms with Crippen molar-refractivity contribution >= 4 is 11.2 Å². The molecule has 1 N–H and O–H groups in total. The molecular formula is C9H8N6. The van der Waals surface area contributed by atoms with E-state index in [2.05, 4.69) is 25.0 Å². The molecule has 15 heavy (non-hydrogen) atoms. The molecule has 3 aromatic rings. The number of aryl methyl sites for hydroxylation is 1. The highest BCUT2D eigenvalue weighted by Crippen LogP contribution is 2.15. The quantitative estimate of drug-likeness (QED) is 0.629. The number of nitrogens with zero attached hydrogens (tertiary/aromatic N) is 5. The lowest BCUT2D eigenvalue weighted by molar-refractivity contribution is 0.769. The van der Waals surface area contributed by atoms with Crippen molar-refractivity contribution < 1.29 is 0 Å². The first-order valence-corrected chi connectivity index (χ1v) is 4.49. The van der Waals surface area contributed by atoms with Gasteiger partial charge < -0.3 is 4.98 Å². The van der Waals surface area contributed by atoms with Gasteiger partial charge in [-0.15, -0.1) is 0 Å². The fraction of sp³-hybridized carbons (Fsp3) is 0.111. The minimum Gasteiger partial charge on any atom is -0.334 e. The van der Waals surface area contributed by atoms with Crippen molar-refractivity contribution in [2.24, 2.45) is 7.05 Å². The third-order valence-electron chi connectivity index (χ3n) is 2.12. The number of rotatable bonds is 1. The molecule has 0 atom stereocenters. The van der Waals surface area contributed by atoms with Gasteiger partial charge in [-0.05, 0) is 6.07 Å². The maximum atomic E-state index is 4.31. The summed E-state index contributed by atoms with van der Waals surface area (Å²) in [5, 5.41) is 4.25. The lowest BCUT2D eigenvalue weighted by atomic mass is 10.4. The Balaban J connectivity index is 2.19. The van der Waals surface area contributed by atoms with Crippen molar-refractivity contribution in [1.29, 1.82) is 0 Å². The molecule has 6 heteroatoms. The van der Waals surface area contributed by atoms with Gasteiger partial charge in [-0.1, -0.05) is 0 Å². The number of aromatic amines is 1. The summed E-state index contributed by atoms with van der Waals surface area (Å²) in [4.78, 5) is 15.4. The first-order valence-electron chi connectivity index (χ1n) is 4.49. The van der Waals surface area contributed by atoms with E-state index < -0.39 is 0 Å². The summed E-state index contributed by atoms with van der Waals surface area (Å²) in [5.41, 5.74) is 2.28. The molecule has 0 aliphatic carbocycles. The Morgan fingerprint density at radius 3 is 3.07 bits per heavy atom. The topological polar surface area (TPSA) is 72.3 Å². The Hall–Kier alpha value is -2.24. The van der Waals surface area contributed by atoms with Crippen LogP contribution in [0.4, 0.5) is 0 Å². The van der Waals surface area contributed by atoms with Crippen molar-refractivity contribution in [3.63, 3.8) is 0 Å². The van der Waals surface area contributed by atoms with Gasteiger partial charge in [0.2, 0.25) is 0 Å². The predicted molar refractivity (Wildman–Crippen MR) is 53.9 cm³/mol. The van der Waals surface area contributed by atoms with Crippen LogP contribution in [-0.4, -0.2) is 29.7 Å². The summed E-state index contributed by atoms with van der Waals surface area (Å²) in [5.74, 6) is 0.714. The molecule has 74 valence electrons. The average molecular weight is 200 g/mol. The van der Waals surface area contributed by atoms with E-state index in [1.165, 1.54) is 6.33 Å². The Bertz CT molecular complexity index is 575. The highest BCUT2D eigenvalue weighted by molar-refractivity contribution is 5.73. The third-order valence-corrected chi connectivity index (χ3v) is 2.12. The number of nitrogens with one attached hydrogen (secondary N) is 1. The molecule has 0 radical (unpaired) electrons. The van der Waals surface area contributed by atoms with Gasteiger partial charge in [-0.25, -0.2) is 15.0 Å². The van der Waals surface area contributed by atoms with Crippen molar-refractivity contribution in [2.45, 2.75) is 0 Å². The number of hydrogen-bond donors (Lipinski definition) is 1. The van der Waals surface area contributed by atoms with Crippen LogP contribution in [0.1, 0.15) is 0 Å². The monoisotopic (exact) mass is 200 g/mol. The number of fused-ring (bicyclic) bond motifs is 1. The normalized spacial score (nSPS) is 11.0. The average Bonchev–Trinajstić information content (AvgIpc) is 2.82. The van der Waals surface area contributed by atoms with Gasteiger partial charge >= 0.3 is 0 Å². The second kappa shape index (κ2) is 2.88. The van der Waals surface area contributed by atoms with E-state index in [4.69, 9.17) is 0 Å². The van der Waals surface area contributed by atoms with Gasteiger partial charge in [0.05, 0.1) is 6.20 Å². The van der Waals surface area contributed by atoms with Crippen molar-refractivity contribution in [2.75, 3.05) is 0 Å². The van der Waals surface area contributed by atoms with E-state index in [0.29, 0.717) is 11.5 Å². The Labute approximate surface area is 85.0 Å². The van der Waals surface area contributed by atoms with Crippen LogP contribution in [0.5, 0.6) is 0 Å². The summed E-state index contributed by atoms with van der Waals surface area (Å²) < 4.78 is 1.73. The number of hydrogen-bond acceptors (Lipinski definition) is 4. The molecule has 0 spiro atoms. The van der Waals surface area contributed by atoms with E-state index in [1.54, 1.807) is 10.9 Å². The van der Waals surface area contributed by atoms with E-state index in [1.807, 2.05) is 19.3 Å². The van der Waals surface area contributed by atoms with Crippen LogP contribution in [0.2, 0.25) is 0 Å². The molecule has 0 saturated heterocycles. The minimum absolute atomic E-state index is 0.658. The van der Waals surface area contributed by atoms with Gasteiger partial charge in [0, 0.05) is 13.2 Å². The molecule has 0 aliphatic rings. The number of aromatic nitrogens is 6. The van der Waals surface area contributed by atoms with E-state index in [9.17, 15) is 0 Å². The Kier molecular flexibility index (Phi) is 1.55. The minimum atomic E-state index is 0.658. The van der Waals surface area contributed by atoms with Gasteiger partial charge in [-0.3, -0.25) is 4.68 Å². The molecule has 0 unspecified atom stereocenters. The zero-order valence-electron chi connectivity index (χ0n) is 8.05. The van der Waals surface area contributed by atoms with Crippen LogP contribution >= 0.6 is 0 Å². The van der Waals surface area contributed by atoms with Gasteiger partial charge in [0.25, 0.3) is 0 Å². The predicted octanol–water partition coefficient (Wildman–Crippen LogP) is 0.753. The van der Waals surface area contributed by atoms with Gasteiger partial charge in [0.15, 0.2) is 11.5 Å². The molecule has 6 nitrogen and oxygen atoms in total. The summed E-state index contributed by atoms with van der Waals surface area (Å²) in [6.45, 7) is 0. The number of H-pyrrole nitrogens is 1. The van der Waals surface area contributed by atoms with Crippen LogP contribution < -0.4 is 0 Å². The molecule has 0 fully saturated rings. The van der Waals surface area contributed by atoms with Crippen LogP contribution in [0.3, 0.4) is 0 Å². The summed E-state index contributed by atoms with van der Waals surface area (Å²) in [6, 6.07) is 1.89. The second-order valence-corrected chi connectivity index (χ2v) is 3.22. The smallest absolute Gasteiger partial charge is 0.181 e. The summed E-state index contributed by atoms with van der Waals surface area (Å²) in [6.07, 6.45) is 5.04. The van der Waals surface area contributed by atoms with Crippen molar-refractivity contribution in [3.8, 4) is 11.5 Å². The lowest BCUT2D eigenvalue weighted by Gasteiger charge is -1.87. The zero-order chi connectivity index (χ0) is 10.3. The summed E-state index contributed by atoms with van der Waals surface area (Å²) >= 11 is 0.